The lowest BCUT2D eigenvalue weighted by molar-refractivity contribution is -0.274. The van der Waals surface area contributed by atoms with Gasteiger partial charge in [0.15, 0.2) is 0 Å². The first-order chi connectivity index (χ1) is 14.3. The number of alkyl halides is 3. The maximum Gasteiger partial charge on any atom is 0.573 e. The zero-order valence-corrected chi connectivity index (χ0v) is 15.3. The van der Waals surface area contributed by atoms with Gasteiger partial charge < -0.3 is 15.5 Å². The highest BCUT2D eigenvalue weighted by molar-refractivity contribution is 6.00. The Hall–Kier alpha value is -3.81. The molecule has 8 heteroatoms. The van der Waals surface area contributed by atoms with E-state index in [1.165, 1.54) is 18.2 Å². The lowest BCUT2D eigenvalue weighted by Gasteiger charge is -2.09. The molecule has 0 unspecified atom stereocenters. The molecule has 1 heterocycles. The van der Waals surface area contributed by atoms with Crippen molar-refractivity contribution in [3.8, 4) is 28.3 Å². The van der Waals surface area contributed by atoms with Gasteiger partial charge in [0.05, 0.1) is 17.0 Å². The Morgan fingerprint density at radius 3 is 2.50 bits per heavy atom. The van der Waals surface area contributed by atoms with Gasteiger partial charge in [-0.1, -0.05) is 42.5 Å². The minimum atomic E-state index is -4.78. The summed E-state index contributed by atoms with van der Waals surface area (Å²) in [6.45, 7) is 0. The topological polar surface area (TPSA) is 81.0 Å². The van der Waals surface area contributed by atoms with Crippen LogP contribution in [0.5, 0.6) is 5.75 Å². The van der Waals surface area contributed by atoms with Gasteiger partial charge in [0.2, 0.25) is 5.91 Å². The van der Waals surface area contributed by atoms with E-state index in [2.05, 4.69) is 14.7 Å². The number of aromatic nitrogens is 2. The van der Waals surface area contributed by atoms with Gasteiger partial charge in [0.25, 0.3) is 0 Å². The Labute approximate surface area is 168 Å². The second-order valence-electron chi connectivity index (χ2n) is 7.00. The standard InChI is InChI=1S/C22H14F3N3O2/c23-22(24,25)30-11-8-9-16-17(10-11)28-21(27-16)15-7-3-6-14-18(15)12-4-1-2-5-13(12)19(14)20(26)29/h1-10,19H,(H2,26,29)(H,27,28)/t19-/m1/s1. The van der Waals surface area contributed by atoms with Crippen molar-refractivity contribution < 1.29 is 22.7 Å². The number of hydrogen-bond acceptors (Lipinski definition) is 3. The summed E-state index contributed by atoms with van der Waals surface area (Å²) in [5.74, 6) is -0.874. The minimum Gasteiger partial charge on any atom is -0.406 e. The maximum atomic E-state index is 12.5. The molecule has 1 aromatic heterocycles. The lowest BCUT2D eigenvalue weighted by Crippen LogP contribution is -2.20. The van der Waals surface area contributed by atoms with E-state index in [1.807, 2.05) is 36.4 Å². The molecular formula is C22H14F3N3O2. The summed E-state index contributed by atoms with van der Waals surface area (Å²) < 4.78 is 41.5. The Morgan fingerprint density at radius 2 is 1.73 bits per heavy atom. The number of imidazole rings is 1. The predicted molar refractivity (Wildman–Crippen MR) is 105 cm³/mol. The Bertz CT molecular complexity index is 1310. The highest BCUT2D eigenvalue weighted by Crippen LogP contribution is 2.48. The largest absolute Gasteiger partial charge is 0.573 e. The SMILES string of the molecule is NC(=O)[C@@H]1c2ccccc2-c2c(-c3nc4cc(OC(F)(F)F)ccc4[nH]3)cccc21. The van der Waals surface area contributed by atoms with E-state index in [9.17, 15) is 18.0 Å². The van der Waals surface area contributed by atoms with Crippen molar-refractivity contribution in [3.63, 3.8) is 0 Å². The number of ether oxygens (including phenoxy) is 1. The minimum absolute atomic E-state index is 0.335. The number of nitrogens with one attached hydrogen (secondary N) is 1. The highest BCUT2D eigenvalue weighted by atomic mass is 19.4. The molecule has 3 N–H and O–H groups in total. The monoisotopic (exact) mass is 409 g/mol. The average molecular weight is 409 g/mol. The molecule has 0 aliphatic heterocycles. The summed E-state index contributed by atoms with van der Waals surface area (Å²) in [5, 5.41) is 0. The third kappa shape index (κ3) is 2.88. The number of hydrogen-bond donors (Lipinski definition) is 2. The molecule has 0 saturated carbocycles. The molecule has 1 atom stereocenters. The summed E-state index contributed by atoms with van der Waals surface area (Å²) in [6, 6.07) is 17.0. The van der Waals surface area contributed by atoms with Crippen LogP contribution in [0, 0.1) is 0 Å². The van der Waals surface area contributed by atoms with Crippen molar-refractivity contribution in [2.45, 2.75) is 12.3 Å². The van der Waals surface area contributed by atoms with Crippen LogP contribution in [0.25, 0.3) is 33.5 Å². The first-order valence-corrected chi connectivity index (χ1v) is 9.09. The summed E-state index contributed by atoms with van der Waals surface area (Å²) in [7, 11) is 0. The van der Waals surface area contributed by atoms with Gasteiger partial charge in [-0.25, -0.2) is 4.98 Å². The maximum absolute atomic E-state index is 12.5. The number of aromatic amines is 1. The van der Waals surface area contributed by atoms with Crippen molar-refractivity contribution in [2.75, 3.05) is 0 Å². The number of nitrogens with zero attached hydrogens (tertiary/aromatic N) is 1. The molecule has 3 aromatic carbocycles. The van der Waals surface area contributed by atoms with Crippen LogP contribution in [0.1, 0.15) is 17.0 Å². The second-order valence-corrected chi connectivity index (χ2v) is 7.00. The van der Waals surface area contributed by atoms with Crippen LogP contribution in [0.3, 0.4) is 0 Å². The number of halogens is 3. The van der Waals surface area contributed by atoms with Crippen molar-refractivity contribution in [3.05, 3.63) is 71.8 Å². The molecule has 0 fully saturated rings. The molecule has 30 heavy (non-hydrogen) atoms. The van der Waals surface area contributed by atoms with Crippen molar-refractivity contribution in [1.82, 2.24) is 9.97 Å². The van der Waals surface area contributed by atoms with Gasteiger partial charge in [0.1, 0.15) is 11.6 Å². The lowest BCUT2D eigenvalue weighted by atomic mass is 9.95. The zero-order chi connectivity index (χ0) is 21.0. The number of primary amides is 1. The smallest absolute Gasteiger partial charge is 0.406 e. The van der Waals surface area contributed by atoms with Crippen LogP contribution in [-0.2, 0) is 4.79 Å². The van der Waals surface area contributed by atoms with Crippen molar-refractivity contribution in [2.24, 2.45) is 5.73 Å². The molecular weight excluding hydrogens is 395 g/mol. The van der Waals surface area contributed by atoms with Gasteiger partial charge in [-0.05, 0) is 34.4 Å². The van der Waals surface area contributed by atoms with Gasteiger partial charge in [-0.3, -0.25) is 4.79 Å². The molecule has 5 nitrogen and oxygen atoms in total. The summed E-state index contributed by atoms with van der Waals surface area (Å²) in [5.41, 5.74) is 10.6. The first-order valence-electron chi connectivity index (χ1n) is 9.09. The number of amides is 1. The quantitative estimate of drug-likeness (QED) is 0.514. The fraction of sp³-hybridized carbons (Fsp3) is 0.0909. The van der Waals surface area contributed by atoms with Gasteiger partial charge in [-0.2, -0.15) is 0 Å². The van der Waals surface area contributed by atoms with Gasteiger partial charge in [0, 0.05) is 11.6 Å². The number of nitrogens with two attached hydrogens (primary N) is 1. The van der Waals surface area contributed by atoms with E-state index in [0.717, 1.165) is 27.8 Å². The number of rotatable bonds is 3. The number of H-pyrrole nitrogens is 1. The molecule has 0 spiro atoms. The summed E-state index contributed by atoms with van der Waals surface area (Å²) >= 11 is 0. The first kappa shape index (κ1) is 18.2. The van der Waals surface area contributed by atoms with E-state index in [-0.39, 0.29) is 5.75 Å². The van der Waals surface area contributed by atoms with E-state index in [4.69, 9.17) is 5.73 Å². The predicted octanol–water partition coefficient (Wildman–Crippen LogP) is 4.73. The zero-order valence-electron chi connectivity index (χ0n) is 15.3. The molecule has 5 rings (SSSR count). The fourth-order valence-electron chi connectivity index (χ4n) is 4.07. The normalized spacial score (nSPS) is 15.1. The highest BCUT2D eigenvalue weighted by Gasteiger charge is 2.34. The average Bonchev–Trinajstić information content (AvgIpc) is 3.25. The van der Waals surface area contributed by atoms with Crippen molar-refractivity contribution in [1.29, 1.82) is 0 Å². The van der Waals surface area contributed by atoms with Crippen LogP contribution in [-0.4, -0.2) is 22.2 Å². The fourth-order valence-corrected chi connectivity index (χ4v) is 4.07. The van der Waals surface area contributed by atoms with Crippen LogP contribution in [0.2, 0.25) is 0 Å². The van der Waals surface area contributed by atoms with Crippen LogP contribution in [0.15, 0.2) is 60.7 Å². The Morgan fingerprint density at radius 1 is 1.00 bits per heavy atom. The summed E-state index contributed by atoms with van der Waals surface area (Å²) in [6.07, 6.45) is -4.78. The molecule has 0 radical (unpaired) electrons. The van der Waals surface area contributed by atoms with E-state index >= 15 is 0 Å². The molecule has 1 aliphatic rings. The number of carbonyl (C=O) groups excluding carboxylic acids is 1. The van der Waals surface area contributed by atoms with E-state index in [0.29, 0.717) is 16.9 Å². The molecule has 0 saturated heterocycles. The third-order valence-electron chi connectivity index (χ3n) is 5.18. The van der Waals surface area contributed by atoms with Crippen LogP contribution >= 0.6 is 0 Å². The molecule has 150 valence electrons. The molecule has 1 amide bonds. The van der Waals surface area contributed by atoms with Crippen molar-refractivity contribution >= 4 is 16.9 Å². The second kappa shape index (κ2) is 6.35. The summed E-state index contributed by atoms with van der Waals surface area (Å²) in [4.78, 5) is 19.8. The number of fused-ring (bicyclic) bond motifs is 4. The molecule has 4 aromatic rings. The van der Waals surface area contributed by atoms with Gasteiger partial charge in [-0.15, -0.1) is 13.2 Å². The number of benzene rings is 3. The third-order valence-corrected chi connectivity index (χ3v) is 5.18. The Balaban J connectivity index is 1.67. The van der Waals surface area contributed by atoms with Crippen LogP contribution in [0.4, 0.5) is 13.2 Å². The molecule has 0 bridgehead atoms. The van der Waals surface area contributed by atoms with Crippen LogP contribution < -0.4 is 10.5 Å². The van der Waals surface area contributed by atoms with E-state index < -0.39 is 18.2 Å². The molecule has 1 aliphatic carbocycles. The Kier molecular flexibility index (Phi) is 3.86. The van der Waals surface area contributed by atoms with Gasteiger partial charge >= 0.3 is 6.36 Å². The number of carbonyl (C=O) groups is 1. The van der Waals surface area contributed by atoms with E-state index in [1.54, 1.807) is 6.07 Å².